The van der Waals surface area contributed by atoms with E-state index in [-0.39, 0.29) is 23.4 Å². The molecule has 0 aliphatic heterocycles. The third kappa shape index (κ3) is 4.86. The van der Waals surface area contributed by atoms with E-state index in [1.165, 1.54) is 12.1 Å². The lowest BCUT2D eigenvalue weighted by molar-refractivity contribution is -0.141. The second-order valence-electron chi connectivity index (χ2n) is 4.94. The van der Waals surface area contributed by atoms with E-state index in [0.29, 0.717) is 10.7 Å². The molecule has 0 unspecified atom stereocenters. The Hall–Kier alpha value is -1.77. The number of alkyl halides is 3. The van der Waals surface area contributed by atoms with Crippen LogP contribution in [0.25, 0.3) is 0 Å². The third-order valence-corrected chi connectivity index (χ3v) is 3.42. The molecule has 0 saturated heterocycles. The summed E-state index contributed by atoms with van der Waals surface area (Å²) in [6, 6.07) is 4.75. The first-order valence-corrected chi connectivity index (χ1v) is 7.50. The van der Waals surface area contributed by atoms with E-state index in [1.807, 2.05) is 0 Å². The normalized spacial score (nSPS) is 12.8. The molecule has 0 fully saturated rings. The third-order valence-electron chi connectivity index (χ3n) is 2.86. The second kappa shape index (κ2) is 7.42. The molecule has 0 amide bonds. The van der Waals surface area contributed by atoms with Gasteiger partial charge in [-0.25, -0.2) is 4.98 Å². The summed E-state index contributed by atoms with van der Waals surface area (Å²) in [5.41, 5.74) is -0.831. The largest absolute Gasteiger partial charge is 0.433 e. The van der Waals surface area contributed by atoms with E-state index in [9.17, 15) is 13.2 Å². The average molecular weight is 381 g/mol. The van der Waals surface area contributed by atoms with Gasteiger partial charge < -0.3 is 15.7 Å². The maximum Gasteiger partial charge on any atom is 0.433 e. The minimum atomic E-state index is -4.66. The molecule has 2 aromatic rings. The van der Waals surface area contributed by atoms with Gasteiger partial charge >= 0.3 is 6.18 Å². The zero-order valence-corrected chi connectivity index (χ0v) is 13.8. The van der Waals surface area contributed by atoms with Crippen molar-refractivity contribution in [2.24, 2.45) is 0 Å². The van der Waals surface area contributed by atoms with Crippen LogP contribution in [0.3, 0.4) is 0 Å². The molecule has 1 heterocycles. The van der Waals surface area contributed by atoms with E-state index < -0.39 is 17.9 Å². The summed E-state index contributed by atoms with van der Waals surface area (Å²) in [6.07, 6.45) is -4.66. The maximum atomic E-state index is 13.0. The molecule has 0 aliphatic carbocycles. The molecule has 130 valence electrons. The first kappa shape index (κ1) is 18.6. The Morgan fingerprint density at radius 2 is 1.92 bits per heavy atom. The number of aliphatic hydroxyl groups excluding tert-OH is 1. The van der Waals surface area contributed by atoms with Crippen molar-refractivity contribution in [1.29, 1.82) is 0 Å². The highest BCUT2D eigenvalue weighted by Gasteiger charge is 2.34. The molecule has 2 rings (SSSR count). The van der Waals surface area contributed by atoms with Gasteiger partial charge in [0.2, 0.25) is 5.95 Å². The van der Waals surface area contributed by atoms with Crippen LogP contribution in [0, 0.1) is 0 Å². The van der Waals surface area contributed by atoms with E-state index >= 15 is 0 Å². The van der Waals surface area contributed by atoms with Crippen LogP contribution < -0.4 is 10.6 Å². The predicted octanol–water partition coefficient (Wildman–Crippen LogP) is 4.34. The number of anilines is 3. The van der Waals surface area contributed by atoms with Crippen molar-refractivity contribution in [1.82, 2.24) is 9.97 Å². The molecule has 10 heteroatoms. The summed E-state index contributed by atoms with van der Waals surface area (Å²) in [4.78, 5) is 7.37. The van der Waals surface area contributed by atoms with Gasteiger partial charge in [-0.05, 0) is 25.1 Å². The number of rotatable bonds is 5. The lowest BCUT2D eigenvalue weighted by atomic mass is 10.3. The minimum Gasteiger partial charge on any atom is -0.394 e. The summed E-state index contributed by atoms with van der Waals surface area (Å²) >= 11 is 11.8. The highest BCUT2D eigenvalue weighted by atomic mass is 35.5. The molecule has 1 atom stereocenters. The Balaban J connectivity index is 2.40. The highest BCUT2D eigenvalue weighted by Crippen LogP contribution is 2.32. The molecule has 24 heavy (non-hydrogen) atoms. The van der Waals surface area contributed by atoms with Gasteiger partial charge in [0.1, 0.15) is 5.82 Å². The average Bonchev–Trinajstić information content (AvgIpc) is 2.49. The van der Waals surface area contributed by atoms with Crippen molar-refractivity contribution < 1.29 is 18.3 Å². The molecule has 5 nitrogen and oxygen atoms in total. The van der Waals surface area contributed by atoms with Gasteiger partial charge in [-0.1, -0.05) is 23.2 Å². The predicted molar refractivity (Wildman–Crippen MR) is 86.9 cm³/mol. The van der Waals surface area contributed by atoms with Crippen molar-refractivity contribution in [3.05, 3.63) is 40.0 Å². The Bertz CT molecular complexity index is 728. The minimum absolute atomic E-state index is 0.117. The van der Waals surface area contributed by atoms with Gasteiger partial charge in [-0.2, -0.15) is 18.2 Å². The fraction of sp³-hybridized carbons (Fsp3) is 0.286. The zero-order valence-electron chi connectivity index (χ0n) is 12.3. The van der Waals surface area contributed by atoms with Crippen molar-refractivity contribution in [2.45, 2.75) is 19.1 Å². The van der Waals surface area contributed by atoms with Crippen LogP contribution in [0.2, 0.25) is 10.0 Å². The van der Waals surface area contributed by atoms with E-state index in [2.05, 4.69) is 20.6 Å². The molecule has 0 bridgehead atoms. The first-order valence-electron chi connectivity index (χ1n) is 6.75. The second-order valence-corrected chi connectivity index (χ2v) is 5.78. The number of hydrogen-bond acceptors (Lipinski definition) is 5. The summed E-state index contributed by atoms with van der Waals surface area (Å²) in [5.74, 6) is -0.388. The lowest BCUT2D eigenvalue weighted by Gasteiger charge is -2.15. The van der Waals surface area contributed by atoms with E-state index in [0.717, 1.165) is 6.07 Å². The molecule has 0 spiro atoms. The number of halogens is 5. The molecule has 1 aromatic heterocycles. The zero-order chi connectivity index (χ0) is 17.9. The number of aliphatic hydroxyl groups is 1. The summed E-state index contributed by atoms with van der Waals surface area (Å²) in [6.45, 7) is 1.28. The number of nitrogens with one attached hydrogen (secondary N) is 2. The van der Waals surface area contributed by atoms with Crippen molar-refractivity contribution in [3.63, 3.8) is 0 Å². The van der Waals surface area contributed by atoms with Crippen molar-refractivity contribution in [3.8, 4) is 0 Å². The smallest absolute Gasteiger partial charge is 0.394 e. The molecule has 0 saturated carbocycles. The van der Waals surface area contributed by atoms with Gasteiger partial charge in [-0.15, -0.1) is 0 Å². The van der Waals surface area contributed by atoms with Gasteiger partial charge in [-0.3, -0.25) is 0 Å². The fourth-order valence-corrected chi connectivity index (χ4v) is 2.06. The van der Waals surface area contributed by atoms with Gasteiger partial charge in [0.25, 0.3) is 0 Å². The van der Waals surface area contributed by atoms with Crippen LogP contribution in [0.1, 0.15) is 12.6 Å². The molecular weight excluding hydrogens is 368 g/mol. The van der Waals surface area contributed by atoms with Crippen LogP contribution in [0.5, 0.6) is 0 Å². The summed E-state index contributed by atoms with van der Waals surface area (Å²) in [5, 5.41) is 14.9. The maximum absolute atomic E-state index is 13.0. The van der Waals surface area contributed by atoms with Crippen LogP contribution in [-0.4, -0.2) is 27.7 Å². The molecule has 1 aromatic carbocycles. The standard InChI is InChI=1S/C14H13Cl2F3N4O/c1-7(6-24)20-13-22-11(14(17,18)19)5-12(23-13)21-10-4-8(15)2-3-9(10)16/h2-5,7,24H,6H2,1H3,(H2,20,21,22,23)/t7-/m0/s1. The van der Waals surface area contributed by atoms with Crippen LogP contribution in [-0.2, 0) is 6.18 Å². The Labute approximate surface area is 145 Å². The molecule has 0 aliphatic rings. The number of benzene rings is 1. The Kier molecular flexibility index (Phi) is 5.74. The van der Waals surface area contributed by atoms with Crippen LogP contribution >= 0.6 is 23.2 Å². The number of aromatic nitrogens is 2. The van der Waals surface area contributed by atoms with E-state index in [4.69, 9.17) is 28.3 Å². The van der Waals surface area contributed by atoms with E-state index in [1.54, 1.807) is 13.0 Å². The Morgan fingerprint density at radius 1 is 1.21 bits per heavy atom. The van der Waals surface area contributed by atoms with Gasteiger partial charge in [0.15, 0.2) is 5.69 Å². The summed E-state index contributed by atoms with van der Waals surface area (Å²) < 4.78 is 39.0. The van der Waals surface area contributed by atoms with Gasteiger partial charge in [0, 0.05) is 17.1 Å². The molecular formula is C14H13Cl2F3N4O. The quantitative estimate of drug-likeness (QED) is 0.719. The number of hydrogen-bond donors (Lipinski definition) is 3. The van der Waals surface area contributed by atoms with Crippen LogP contribution in [0.15, 0.2) is 24.3 Å². The fourth-order valence-electron chi connectivity index (χ4n) is 1.72. The highest BCUT2D eigenvalue weighted by molar-refractivity contribution is 6.35. The Morgan fingerprint density at radius 3 is 2.54 bits per heavy atom. The SMILES string of the molecule is C[C@@H](CO)Nc1nc(Nc2cc(Cl)ccc2Cl)cc(C(F)(F)F)n1. The van der Waals surface area contributed by atoms with Crippen LogP contribution in [0.4, 0.5) is 30.6 Å². The monoisotopic (exact) mass is 380 g/mol. The summed E-state index contributed by atoms with van der Waals surface area (Å²) in [7, 11) is 0. The molecule has 0 radical (unpaired) electrons. The number of nitrogens with zero attached hydrogens (tertiary/aromatic N) is 2. The topological polar surface area (TPSA) is 70.1 Å². The van der Waals surface area contributed by atoms with Gasteiger partial charge in [0.05, 0.1) is 17.3 Å². The lowest BCUT2D eigenvalue weighted by Crippen LogP contribution is -2.22. The molecule has 3 N–H and O–H groups in total. The van der Waals surface area contributed by atoms with Crippen molar-refractivity contribution >= 4 is 40.7 Å². The first-order chi connectivity index (χ1) is 11.2. The van der Waals surface area contributed by atoms with Crippen molar-refractivity contribution in [2.75, 3.05) is 17.2 Å².